The molecule has 0 saturated carbocycles. The van der Waals surface area contributed by atoms with Gasteiger partial charge in [-0.15, -0.1) is 0 Å². The predicted octanol–water partition coefficient (Wildman–Crippen LogP) is 3.49. The van der Waals surface area contributed by atoms with Crippen molar-refractivity contribution in [2.75, 3.05) is 19.1 Å². The normalized spacial score (nSPS) is 15.1. The maximum atomic E-state index is 14.1. The summed E-state index contributed by atoms with van der Waals surface area (Å²) in [7, 11) is 2.48. The van der Waals surface area contributed by atoms with E-state index in [1.165, 1.54) is 55.5 Å². The summed E-state index contributed by atoms with van der Waals surface area (Å²) >= 11 is 0. The Morgan fingerprint density at radius 1 is 0.966 bits per heavy atom. The molecule has 2 aromatic rings. The third kappa shape index (κ3) is 3.67. The molecule has 0 spiro atoms. The first-order valence-corrected chi connectivity index (χ1v) is 8.67. The number of hydrogen-bond acceptors (Lipinski definition) is 5. The van der Waals surface area contributed by atoms with Crippen molar-refractivity contribution in [3.05, 3.63) is 82.3 Å². The highest BCUT2D eigenvalue weighted by Gasteiger charge is 2.38. The van der Waals surface area contributed by atoms with Gasteiger partial charge in [-0.25, -0.2) is 14.0 Å². The van der Waals surface area contributed by atoms with Gasteiger partial charge in [-0.1, -0.05) is 18.2 Å². The van der Waals surface area contributed by atoms with E-state index in [9.17, 15) is 18.8 Å². The fourth-order valence-electron chi connectivity index (χ4n) is 3.10. The number of esters is 2. The molecule has 0 aliphatic carbocycles. The van der Waals surface area contributed by atoms with Crippen LogP contribution in [-0.2, 0) is 19.1 Å². The lowest BCUT2D eigenvalue weighted by Gasteiger charge is -2.18. The standard InChI is InChI=1S/C22H18FNO5/c1-13-19(22(27)29-3)17(12-15-6-4-5-7-18(15)23)20(25)24(13)16-10-8-14(9-11-16)21(26)28-2/h4-12H,1-3H3/b17-12-. The van der Waals surface area contributed by atoms with Crippen molar-refractivity contribution in [2.24, 2.45) is 0 Å². The average Bonchev–Trinajstić information content (AvgIpc) is 2.98. The predicted molar refractivity (Wildman–Crippen MR) is 104 cm³/mol. The van der Waals surface area contributed by atoms with Crippen LogP contribution in [0, 0.1) is 5.82 Å². The molecule has 3 rings (SSSR count). The van der Waals surface area contributed by atoms with Crippen LogP contribution >= 0.6 is 0 Å². The number of amides is 1. The van der Waals surface area contributed by atoms with Crippen LogP contribution in [0.4, 0.5) is 10.1 Å². The molecule has 29 heavy (non-hydrogen) atoms. The van der Waals surface area contributed by atoms with Gasteiger partial charge in [-0.3, -0.25) is 9.69 Å². The molecule has 1 amide bonds. The SMILES string of the molecule is COC(=O)C1=C(C)N(c2ccc(C(=O)OC)cc2)C(=O)/C1=C\c1ccccc1F. The number of methoxy groups -OCH3 is 2. The van der Waals surface area contributed by atoms with Gasteiger partial charge in [0.05, 0.1) is 30.9 Å². The molecule has 2 aromatic carbocycles. The minimum atomic E-state index is -0.702. The van der Waals surface area contributed by atoms with Crippen molar-refractivity contribution in [1.82, 2.24) is 0 Å². The molecule has 0 unspecified atom stereocenters. The van der Waals surface area contributed by atoms with Gasteiger partial charge in [0.15, 0.2) is 0 Å². The Kier molecular flexibility index (Phi) is 5.59. The van der Waals surface area contributed by atoms with Crippen LogP contribution in [0.2, 0.25) is 0 Å². The van der Waals surface area contributed by atoms with Crippen molar-refractivity contribution in [3.8, 4) is 0 Å². The fourth-order valence-corrected chi connectivity index (χ4v) is 3.10. The first kappa shape index (κ1) is 20.0. The molecule has 1 aliphatic heterocycles. The molecule has 0 bridgehead atoms. The summed E-state index contributed by atoms with van der Waals surface area (Å²) in [6.45, 7) is 1.60. The first-order valence-electron chi connectivity index (χ1n) is 8.67. The number of halogens is 1. The zero-order chi connectivity index (χ0) is 21.1. The zero-order valence-electron chi connectivity index (χ0n) is 16.1. The smallest absolute Gasteiger partial charge is 0.340 e. The summed E-state index contributed by atoms with van der Waals surface area (Å²) in [4.78, 5) is 38.4. The molecular weight excluding hydrogens is 377 g/mol. The van der Waals surface area contributed by atoms with Crippen LogP contribution in [0.1, 0.15) is 22.8 Å². The fraction of sp³-hybridized carbons (Fsp3) is 0.136. The lowest BCUT2D eigenvalue weighted by atomic mass is 10.0. The topological polar surface area (TPSA) is 72.9 Å². The second kappa shape index (κ2) is 8.10. The van der Waals surface area contributed by atoms with E-state index in [1.54, 1.807) is 25.1 Å². The number of hydrogen-bond donors (Lipinski definition) is 0. The number of anilines is 1. The van der Waals surface area contributed by atoms with Gasteiger partial charge in [0, 0.05) is 16.9 Å². The summed E-state index contributed by atoms with van der Waals surface area (Å²) in [6, 6.07) is 12.1. The largest absolute Gasteiger partial charge is 0.465 e. The number of benzene rings is 2. The molecule has 0 N–H and O–H groups in total. The van der Waals surface area contributed by atoms with E-state index in [-0.39, 0.29) is 16.7 Å². The van der Waals surface area contributed by atoms with Crippen LogP contribution in [0.5, 0.6) is 0 Å². The Labute approximate surface area is 166 Å². The highest BCUT2D eigenvalue weighted by Crippen LogP contribution is 2.35. The van der Waals surface area contributed by atoms with Gasteiger partial charge in [0.1, 0.15) is 5.82 Å². The van der Waals surface area contributed by atoms with Gasteiger partial charge in [-0.05, 0) is 43.3 Å². The summed E-state index contributed by atoms with van der Waals surface area (Å²) < 4.78 is 23.6. The number of carbonyl (C=O) groups is 3. The van der Waals surface area contributed by atoms with E-state index in [1.807, 2.05) is 0 Å². The van der Waals surface area contributed by atoms with Crippen LogP contribution in [-0.4, -0.2) is 32.1 Å². The van der Waals surface area contributed by atoms with Crippen LogP contribution < -0.4 is 4.90 Å². The maximum Gasteiger partial charge on any atom is 0.340 e. The molecule has 0 aromatic heterocycles. The van der Waals surface area contributed by atoms with Crippen molar-refractivity contribution in [1.29, 1.82) is 0 Å². The van der Waals surface area contributed by atoms with Crippen LogP contribution in [0.15, 0.2) is 65.4 Å². The summed E-state index contributed by atoms with van der Waals surface area (Å²) in [5.41, 5.74) is 1.36. The second-order valence-corrected chi connectivity index (χ2v) is 6.21. The summed E-state index contributed by atoms with van der Waals surface area (Å²) in [5, 5.41) is 0. The third-order valence-corrected chi connectivity index (χ3v) is 4.54. The molecule has 1 heterocycles. The van der Waals surface area contributed by atoms with Crippen molar-refractivity contribution < 1.29 is 28.2 Å². The summed E-state index contributed by atoms with van der Waals surface area (Å²) in [6.07, 6.45) is 1.33. The third-order valence-electron chi connectivity index (χ3n) is 4.54. The number of allylic oxidation sites excluding steroid dienone is 1. The van der Waals surface area contributed by atoms with E-state index < -0.39 is 23.7 Å². The number of ether oxygens (including phenoxy) is 2. The molecule has 148 valence electrons. The van der Waals surface area contributed by atoms with E-state index in [4.69, 9.17) is 4.74 Å². The Morgan fingerprint density at radius 2 is 1.59 bits per heavy atom. The van der Waals surface area contributed by atoms with E-state index in [0.29, 0.717) is 16.9 Å². The van der Waals surface area contributed by atoms with Crippen molar-refractivity contribution in [2.45, 2.75) is 6.92 Å². The minimum Gasteiger partial charge on any atom is -0.465 e. The lowest BCUT2D eigenvalue weighted by Crippen LogP contribution is -2.24. The minimum absolute atomic E-state index is 0.0245. The van der Waals surface area contributed by atoms with E-state index in [0.717, 1.165) is 0 Å². The molecule has 0 radical (unpaired) electrons. The van der Waals surface area contributed by atoms with E-state index in [2.05, 4.69) is 4.74 Å². The Bertz CT molecular complexity index is 1050. The highest BCUT2D eigenvalue weighted by molar-refractivity contribution is 6.23. The number of nitrogens with zero attached hydrogens (tertiary/aromatic N) is 1. The number of carbonyl (C=O) groups excluding carboxylic acids is 3. The second-order valence-electron chi connectivity index (χ2n) is 6.21. The maximum absolute atomic E-state index is 14.1. The van der Waals surface area contributed by atoms with Crippen LogP contribution in [0.25, 0.3) is 6.08 Å². The lowest BCUT2D eigenvalue weighted by molar-refractivity contribution is -0.136. The Hall–Kier alpha value is -3.74. The summed E-state index contributed by atoms with van der Waals surface area (Å²) in [5.74, 6) is -2.23. The zero-order valence-corrected chi connectivity index (χ0v) is 16.1. The number of rotatable bonds is 4. The van der Waals surface area contributed by atoms with Gasteiger partial charge < -0.3 is 9.47 Å². The monoisotopic (exact) mass is 395 g/mol. The Morgan fingerprint density at radius 3 is 2.17 bits per heavy atom. The molecule has 0 atom stereocenters. The van der Waals surface area contributed by atoms with Gasteiger partial charge in [0.25, 0.3) is 5.91 Å². The Balaban J connectivity index is 2.09. The quantitative estimate of drug-likeness (QED) is 0.585. The highest BCUT2D eigenvalue weighted by atomic mass is 19.1. The molecule has 0 saturated heterocycles. The van der Waals surface area contributed by atoms with Gasteiger partial charge in [-0.2, -0.15) is 0 Å². The average molecular weight is 395 g/mol. The molecule has 1 aliphatic rings. The molecular formula is C22H18FNO5. The van der Waals surface area contributed by atoms with Crippen LogP contribution in [0.3, 0.4) is 0 Å². The van der Waals surface area contributed by atoms with E-state index >= 15 is 0 Å². The molecule has 7 heteroatoms. The van der Waals surface area contributed by atoms with Crippen molar-refractivity contribution >= 4 is 29.6 Å². The van der Waals surface area contributed by atoms with Crippen molar-refractivity contribution in [3.63, 3.8) is 0 Å². The first-order chi connectivity index (χ1) is 13.9. The molecule has 0 fully saturated rings. The van der Waals surface area contributed by atoms with Gasteiger partial charge >= 0.3 is 11.9 Å². The molecule has 6 nitrogen and oxygen atoms in total. The van der Waals surface area contributed by atoms with Gasteiger partial charge in [0.2, 0.25) is 0 Å².